The summed E-state index contributed by atoms with van der Waals surface area (Å²) in [7, 11) is 3.58. The Bertz CT molecular complexity index is 1400. The Balaban J connectivity index is 0.000000672. The first kappa shape index (κ1) is 24.7. The topological polar surface area (TPSA) is 75.1 Å². The maximum Gasteiger partial charge on any atom is 0.268 e. The van der Waals surface area contributed by atoms with Crippen molar-refractivity contribution in [2.45, 2.75) is 42.5 Å². The Morgan fingerprint density at radius 2 is 2.00 bits per heavy atom. The lowest BCUT2D eigenvalue weighted by molar-refractivity contribution is 0.0927. The number of rotatable bonds is 4. The lowest BCUT2D eigenvalue weighted by Gasteiger charge is -2.15. The zero-order valence-corrected chi connectivity index (χ0v) is 20.8. The largest absolute Gasteiger partial charge is 0.344 e. The summed E-state index contributed by atoms with van der Waals surface area (Å²) in [6.07, 6.45) is 4.42. The molecule has 5 rings (SSSR count). The van der Waals surface area contributed by atoms with Crippen LogP contribution in [0.25, 0.3) is 10.9 Å². The van der Waals surface area contributed by atoms with Crippen LogP contribution in [0, 0.1) is 18.6 Å². The first-order valence-electron chi connectivity index (χ1n) is 11.3. The van der Waals surface area contributed by atoms with Crippen molar-refractivity contribution in [1.29, 1.82) is 0 Å². The molecule has 9 heteroatoms. The normalized spacial score (nSPS) is 14.7. The number of halogens is 2. The molecule has 2 aromatic heterocycles. The first-order valence-corrected chi connectivity index (χ1v) is 12.1. The van der Waals surface area contributed by atoms with Gasteiger partial charge in [-0.15, -0.1) is 0 Å². The van der Waals surface area contributed by atoms with Gasteiger partial charge in [-0.2, -0.15) is 5.10 Å². The molecule has 4 aromatic rings. The van der Waals surface area contributed by atoms with Crippen molar-refractivity contribution in [2.24, 2.45) is 12.0 Å². The number of nitrogens with zero attached hydrogens (tertiary/aromatic N) is 3. The van der Waals surface area contributed by atoms with Gasteiger partial charge in [0, 0.05) is 40.5 Å². The molecule has 182 valence electrons. The Labute approximate surface area is 206 Å². The van der Waals surface area contributed by atoms with E-state index in [0.29, 0.717) is 24.1 Å². The molecule has 0 spiro atoms. The van der Waals surface area contributed by atoms with E-state index < -0.39 is 17.7 Å². The van der Waals surface area contributed by atoms with Crippen molar-refractivity contribution in [2.75, 3.05) is 7.05 Å². The highest BCUT2D eigenvalue weighted by molar-refractivity contribution is 7.99. The minimum atomic E-state index is -0.534. The van der Waals surface area contributed by atoms with E-state index in [9.17, 15) is 13.6 Å². The van der Waals surface area contributed by atoms with Crippen molar-refractivity contribution in [3.63, 3.8) is 0 Å². The number of nitrogens with one attached hydrogen (secondary N) is 2. The van der Waals surface area contributed by atoms with Crippen molar-refractivity contribution in [3.8, 4) is 0 Å². The molecule has 0 fully saturated rings. The highest BCUT2D eigenvalue weighted by atomic mass is 32.2. The average molecular weight is 496 g/mol. The number of fused-ring (bicyclic) bond motifs is 2. The third-order valence-electron chi connectivity index (χ3n) is 6.20. The fourth-order valence-electron chi connectivity index (χ4n) is 4.15. The molecular formula is C26H27F2N5OS. The molecule has 35 heavy (non-hydrogen) atoms. The maximum absolute atomic E-state index is 14.3. The average Bonchev–Trinajstić information content (AvgIpc) is 3.56. The van der Waals surface area contributed by atoms with E-state index in [0.717, 1.165) is 38.5 Å². The fourth-order valence-corrected chi connectivity index (χ4v) is 5.18. The molecule has 1 amide bonds. The first-order chi connectivity index (χ1) is 16.8. The molecular weight excluding hydrogens is 468 g/mol. The standard InChI is InChI=1S/C23H20F2N4OS.C3H7N/c1-12-21(31-14-3-7-18-13(9-14)11-26-28-18)10-20(29(12)2)23(30)27-19-8-4-15-16(24)5-6-17(25)22(15)19;1-3-4-2/h3,5-7,9-11,19H,4,8H2,1-2H3,(H,26,28)(H,27,30);3H,1-2H3. The summed E-state index contributed by atoms with van der Waals surface area (Å²) in [6, 6.07) is 9.59. The van der Waals surface area contributed by atoms with Gasteiger partial charge in [0.25, 0.3) is 5.91 Å². The van der Waals surface area contributed by atoms with Gasteiger partial charge in [0.05, 0.1) is 17.8 Å². The SMILES string of the molecule is CC=NC.Cc1c(Sc2ccc3[nH]ncc3c2)cc(C(=O)NC2CCc3c(F)ccc(F)c32)n1C. The third-order valence-corrected chi connectivity index (χ3v) is 7.33. The van der Waals surface area contributed by atoms with Gasteiger partial charge in [-0.25, -0.2) is 8.78 Å². The summed E-state index contributed by atoms with van der Waals surface area (Å²) < 4.78 is 30.2. The van der Waals surface area contributed by atoms with E-state index in [1.165, 1.54) is 0 Å². The lowest BCUT2D eigenvalue weighted by atomic mass is 10.1. The molecule has 1 aliphatic carbocycles. The van der Waals surface area contributed by atoms with Crippen LogP contribution in [-0.2, 0) is 13.5 Å². The van der Waals surface area contributed by atoms with E-state index in [-0.39, 0.29) is 11.5 Å². The molecule has 6 nitrogen and oxygen atoms in total. The molecule has 1 aliphatic rings. The van der Waals surface area contributed by atoms with Gasteiger partial charge in [-0.3, -0.25) is 9.89 Å². The second-order valence-corrected chi connectivity index (χ2v) is 9.38. The summed E-state index contributed by atoms with van der Waals surface area (Å²) >= 11 is 1.57. The Hall–Kier alpha value is -3.46. The quantitative estimate of drug-likeness (QED) is 0.353. The lowest BCUT2D eigenvalue weighted by Crippen LogP contribution is -2.29. The van der Waals surface area contributed by atoms with Crippen LogP contribution in [0.3, 0.4) is 0 Å². The summed E-state index contributed by atoms with van der Waals surface area (Å²) in [4.78, 5) is 18.6. The molecule has 0 radical (unpaired) electrons. The van der Waals surface area contributed by atoms with Crippen molar-refractivity contribution in [1.82, 2.24) is 20.1 Å². The van der Waals surface area contributed by atoms with Crippen molar-refractivity contribution in [3.05, 3.63) is 76.7 Å². The van der Waals surface area contributed by atoms with Crippen LogP contribution >= 0.6 is 11.8 Å². The Morgan fingerprint density at radius 3 is 2.74 bits per heavy atom. The van der Waals surface area contributed by atoms with E-state index in [1.54, 1.807) is 31.2 Å². The van der Waals surface area contributed by atoms with Crippen molar-refractivity contribution < 1.29 is 13.6 Å². The van der Waals surface area contributed by atoms with Crippen LogP contribution in [0.4, 0.5) is 8.78 Å². The zero-order chi connectivity index (χ0) is 25.1. The van der Waals surface area contributed by atoms with Gasteiger partial charge in [0.2, 0.25) is 0 Å². The molecule has 2 heterocycles. The van der Waals surface area contributed by atoms with Crippen molar-refractivity contribution >= 4 is 34.8 Å². The number of aromatic nitrogens is 3. The summed E-state index contributed by atoms with van der Waals surface area (Å²) in [6.45, 7) is 3.84. The van der Waals surface area contributed by atoms with E-state index in [1.807, 2.05) is 49.7 Å². The Morgan fingerprint density at radius 1 is 1.26 bits per heavy atom. The Kier molecular flexibility index (Phi) is 7.35. The number of aliphatic imine (C=N–C) groups is 1. The molecule has 0 aliphatic heterocycles. The minimum Gasteiger partial charge on any atom is -0.344 e. The smallest absolute Gasteiger partial charge is 0.268 e. The number of carbonyl (C=O) groups is 1. The highest BCUT2D eigenvalue weighted by Gasteiger charge is 2.30. The van der Waals surface area contributed by atoms with Crippen LogP contribution in [0.2, 0.25) is 0 Å². The predicted octanol–water partition coefficient (Wildman–Crippen LogP) is 5.76. The van der Waals surface area contributed by atoms with Gasteiger partial charge in [0.1, 0.15) is 17.3 Å². The highest BCUT2D eigenvalue weighted by Crippen LogP contribution is 2.36. The van der Waals surface area contributed by atoms with Gasteiger partial charge < -0.3 is 14.9 Å². The second-order valence-electron chi connectivity index (χ2n) is 8.26. The molecule has 1 atom stereocenters. The van der Waals surface area contributed by atoms with Crippen LogP contribution in [0.1, 0.15) is 46.7 Å². The van der Waals surface area contributed by atoms with E-state index in [2.05, 4.69) is 20.5 Å². The molecule has 1 unspecified atom stereocenters. The van der Waals surface area contributed by atoms with E-state index in [4.69, 9.17) is 0 Å². The molecule has 2 aromatic carbocycles. The number of H-pyrrole nitrogens is 1. The predicted molar refractivity (Wildman–Crippen MR) is 135 cm³/mol. The summed E-state index contributed by atoms with van der Waals surface area (Å²) in [5.41, 5.74) is 3.03. The number of carbonyl (C=O) groups excluding carboxylic acids is 1. The molecule has 0 saturated carbocycles. The minimum absolute atomic E-state index is 0.266. The number of benzene rings is 2. The fraction of sp³-hybridized carbons (Fsp3) is 0.269. The molecule has 0 saturated heterocycles. The number of hydrogen-bond acceptors (Lipinski definition) is 4. The zero-order valence-electron chi connectivity index (χ0n) is 20.0. The van der Waals surface area contributed by atoms with Crippen LogP contribution in [0.5, 0.6) is 0 Å². The second kappa shape index (κ2) is 10.4. The van der Waals surface area contributed by atoms with Gasteiger partial charge in [-0.05, 0) is 74.9 Å². The summed E-state index contributed by atoms with van der Waals surface area (Å²) in [5.74, 6) is -1.20. The van der Waals surface area contributed by atoms with E-state index >= 15 is 0 Å². The van der Waals surface area contributed by atoms with Crippen LogP contribution in [-0.4, -0.2) is 33.9 Å². The van der Waals surface area contributed by atoms with Gasteiger partial charge in [0.15, 0.2) is 0 Å². The maximum atomic E-state index is 14.3. The van der Waals surface area contributed by atoms with Gasteiger partial charge in [-0.1, -0.05) is 11.8 Å². The molecule has 0 bridgehead atoms. The summed E-state index contributed by atoms with van der Waals surface area (Å²) in [5, 5.41) is 10.9. The molecule has 2 N–H and O–H groups in total. The number of amides is 1. The van der Waals surface area contributed by atoms with Crippen LogP contribution < -0.4 is 5.32 Å². The third kappa shape index (κ3) is 5.00. The van der Waals surface area contributed by atoms with Gasteiger partial charge >= 0.3 is 0 Å². The monoisotopic (exact) mass is 495 g/mol. The number of aromatic amines is 1. The van der Waals surface area contributed by atoms with Crippen LogP contribution in [0.15, 0.2) is 57.4 Å². The number of hydrogen-bond donors (Lipinski definition) is 2.